The Balaban J connectivity index is 1.51. The molecule has 7 heteroatoms. The van der Waals surface area contributed by atoms with Gasteiger partial charge < -0.3 is 24.1 Å². The Morgan fingerprint density at radius 1 is 1.25 bits per heavy atom. The average molecular weight is 329 g/mol. The predicted molar refractivity (Wildman–Crippen MR) is 85.4 cm³/mol. The van der Waals surface area contributed by atoms with Crippen molar-refractivity contribution in [1.82, 2.24) is 14.9 Å². The van der Waals surface area contributed by atoms with Gasteiger partial charge in [0.25, 0.3) is 5.91 Å². The van der Waals surface area contributed by atoms with Crippen LogP contribution in [-0.2, 0) is 4.74 Å². The molecule has 1 atom stereocenters. The number of amides is 1. The Hall–Kier alpha value is -2.54. The fourth-order valence-electron chi connectivity index (χ4n) is 2.95. The van der Waals surface area contributed by atoms with Gasteiger partial charge in [-0.15, -0.1) is 0 Å². The highest BCUT2D eigenvalue weighted by atomic mass is 16.6. The van der Waals surface area contributed by atoms with Gasteiger partial charge >= 0.3 is 0 Å². The van der Waals surface area contributed by atoms with E-state index in [2.05, 4.69) is 9.97 Å². The van der Waals surface area contributed by atoms with Gasteiger partial charge in [-0.2, -0.15) is 0 Å². The van der Waals surface area contributed by atoms with Crippen molar-refractivity contribution in [3.63, 3.8) is 0 Å². The Bertz CT molecular complexity index is 758. The van der Waals surface area contributed by atoms with Crippen LogP contribution in [0.25, 0.3) is 0 Å². The van der Waals surface area contributed by atoms with E-state index in [1.165, 1.54) is 0 Å². The Labute approximate surface area is 139 Å². The van der Waals surface area contributed by atoms with Crippen molar-refractivity contribution in [3.8, 4) is 11.5 Å². The molecule has 2 aliphatic rings. The van der Waals surface area contributed by atoms with E-state index in [1.807, 2.05) is 6.92 Å². The van der Waals surface area contributed by atoms with Crippen LogP contribution in [0.4, 0.5) is 0 Å². The summed E-state index contributed by atoms with van der Waals surface area (Å²) in [7, 11) is 0. The van der Waals surface area contributed by atoms with Gasteiger partial charge in [-0.25, -0.2) is 4.98 Å². The van der Waals surface area contributed by atoms with E-state index in [1.54, 1.807) is 29.3 Å². The molecule has 1 amide bonds. The summed E-state index contributed by atoms with van der Waals surface area (Å²) in [5.74, 6) is 2.03. The maximum Gasteiger partial charge on any atom is 0.254 e. The third kappa shape index (κ3) is 2.82. The molecule has 1 unspecified atom stereocenters. The highest BCUT2D eigenvalue weighted by molar-refractivity contribution is 5.95. The lowest BCUT2D eigenvalue weighted by Gasteiger charge is -2.32. The topological polar surface area (TPSA) is 76.7 Å². The summed E-state index contributed by atoms with van der Waals surface area (Å²) in [5, 5.41) is 0. The number of fused-ring (bicyclic) bond motifs is 1. The molecule has 1 fully saturated rings. The number of nitrogens with one attached hydrogen (secondary N) is 1. The Morgan fingerprint density at radius 2 is 2.08 bits per heavy atom. The number of ether oxygens (including phenoxy) is 3. The maximum atomic E-state index is 12.8. The van der Waals surface area contributed by atoms with E-state index in [0.717, 1.165) is 11.5 Å². The van der Waals surface area contributed by atoms with Crippen LogP contribution < -0.4 is 9.47 Å². The number of aryl methyl sites for hydroxylation is 1. The van der Waals surface area contributed by atoms with E-state index in [4.69, 9.17) is 14.2 Å². The molecule has 1 saturated heterocycles. The van der Waals surface area contributed by atoms with E-state index in [0.29, 0.717) is 50.0 Å². The van der Waals surface area contributed by atoms with E-state index in [-0.39, 0.29) is 12.0 Å². The number of carbonyl (C=O) groups excluding carboxylic acids is 1. The van der Waals surface area contributed by atoms with Gasteiger partial charge in [0.1, 0.15) is 25.1 Å². The second-order valence-electron chi connectivity index (χ2n) is 5.92. The lowest BCUT2D eigenvalue weighted by Crippen LogP contribution is -2.42. The molecule has 1 aromatic heterocycles. The molecule has 7 nitrogen and oxygen atoms in total. The molecule has 126 valence electrons. The van der Waals surface area contributed by atoms with Crippen LogP contribution in [0.5, 0.6) is 11.5 Å². The quantitative estimate of drug-likeness (QED) is 0.907. The van der Waals surface area contributed by atoms with Crippen molar-refractivity contribution in [3.05, 3.63) is 41.5 Å². The first-order valence-corrected chi connectivity index (χ1v) is 8.03. The second kappa shape index (κ2) is 6.16. The van der Waals surface area contributed by atoms with Gasteiger partial charge in [0, 0.05) is 24.0 Å². The minimum absolute atomic E-state index is 0.0384. The lowest BCUT2D eigenvalue weighted by molar-refractivity contribution is -0.0265. The summed E-state index contributed by atoms with van der Waals surface area (Å²) in [5.41, 5.74) is 1.57. The molecule has 0 bridgehead atoms. The minimum atomic E-state index is -0.228. The number of benzene rings is 1. The highest BCUT2D eigenvalue weighted by Gasteiger charge is 2.28. The molecular formula is C17H19N3O4. The number of morpholine rings is 1. The maximum absolute atomic E-state index is 12.8. The monoisotopic (exact) mass is 329 g/mol. The van der Waals surface area contributed by atoms with Crippen molar-refractivity contribution < 1.29 is 19.0 Å². The zero-order chi connectivity index (χ0) is 16.5. The zero-order valence-corrected chi connectivity index (χ0v) is 13.4. The molecule has 0 spiro atoms. The fourth-order valence-corrected chi connectivity index (χ4v) is 2.95. The first kappa shape index (κ1) is 15.0. The summed E-state index contributed by atoms with van der Waals surface area (Å²) in [6, 6.07) is 5.31. The van der Waals surface area contributed by atoms with Gasteiger partial charge in [-0.3, -0.25) is 4.79 Å². The van der Waals surface area contributed by atoms with E-state index in [9.17, 15) is 4.79 Å². The minimum Gasteiger partial charge on any atom is -0.486 e. The van der Waals surface area contributed by atoms with Crippen LogP contribution in [0.3, 0.4) is 0 Å². The number of hydrogen-bond acceptors (Lipinski definition) is 5. The molecule has 0 saturated carbocycles. The van der Waals surface area contributed by atoms with Crippen molar-refractivity contribution >= 4 is 5.91 Å². The average Bonchev–Trinajstić information content (AvgIpc) is 3.07. The third-order valence-corrected chi connectivity index (χ3v) is 4.17. The zero-order valence-electron chi connectivity index (χ0n) is 13.4. The van der Waals surface area contributed by atoms with Crippen molar-refractivity contribution in [2.75, 3.05) is 32.9 Å². The van der Waals surface area contributed by atoms with Gasteiger partial charge in [0.2, 0.25) is 0 Å². The van der Waals surface area contributed by atoms with Gasteiger partial charge in [-0.1, -0.05) is 0 Å². The summed E-state index contributed by atoms with van der Waals surface area (Å²) < 4.78 is 16.8. The number of hydrogen-bond donors (Lipinski definition) is 1. The molecule has 3 heterocycles. The molecular weight excluding hydrogens is 310 g/mol. The molecule has 1 N–H and O–H groups in total. The third-order valence-electron chi connectivity index (χ3n) is 4.17. The number of rotatable bonds is 2. The van der Waals surface area contributed by atoms with E-state index < -0.39 is 0 Å². The first-order chi connectivity index (χ1) is 11.7. The lowest BCUT2D eigenvalue weighted by atomic mass is 10.1. The highest BCUT2D eigenvalue weighted by Crippen LogP contribution is 2.31. The molecule has 24 heavy (non-hydrogen) atoms. The molecule has 1 aromatic carbocycles. The van der Waals surface area contributed by atoms with Crippen molar-refractivity contribution in [2.24, 2.45) is 0 Å². The molecule has 2 aromatic rings. The number of aromatic nitrogens is 2. The SMILES string of the molecule is Cc1cnc(C2CN(C(=O)c3ccc4c(c3)OCCO4)CCO2)[nH]1. The van der Waals surface area contributed by atoms with Crippen LogP contribution in [-0.4, -0.2) is 53.7 Å². The summed E-state index contributed by atoms with van der Waals surface area (Å²) in [6.45, 7) is 4.50. The van der Waals surface area contributed by atoms with Gasteiger partial charge in [0.15, 0.2) is 11.5 Å². The summed E-state index contributed by atoms with van der Waals surface area (Å²) in [4.78, 5) is 22.1. The normalized spacial score (nSPS) is 20.0. The number of nitrogens with zero attached hydrogens (tertiary/aromatic N) is 2. The van der Waals surface area contributed by atoms with Crippen LogP contribution in [0.2, 0.25) is 0 Å². The Morgan fingerprint density at radius 3 is 2.88 bits per heavy atom. The number of H-pyrrole nitrogens is 1. The van der Waals surface area contributed by atoms with Crippen LogP contribution in [0, 0.1) is 6.92 Å². The van der Waals surface area contributed by atoms with Crippen molar-refractivity contribution in [1.29, 1.82) is 0 Å². The van der Waals surface area contributed by atoms with Gasteiger partial charge in [-0.05, 0) is 25.1 Å². The predicted octanol–water partition coefficient (Wildman–Crippen LogP) is 1.70. The Kier molecular flexibility index (Phi) is 3.86. The molecule has 0 radical (unpaired) electrons. The molecule has 0 aliphatic carbocycles. The summed E-state index contributed by atoms with van der Waals surface area (Å²) >= 11 is 0. The smallest absolute Gasteiger partial charge is 0.254 e. The number of imidazole rings is 1. The van der Waals surface area contributed by atoms with Gasteiger partial charge in [0.05, 0.1) is 13.2 Å². The summed E-state index contributed by atoms with van der Waals surface area (Å²) in [6.07, 6.45) is 1.54. The molecule has 2 aliphatic heterocycles. The number of carbonyl (C=O) groups is 1. The van der Waals surface area contributed by atoms with Crippen LogP contribution in [0.1, 0.15) is 28.0 Å². The number of aromatic amines is 1. The molecule has 4 rings (SSSR count). The largest absolute Gasteiger partial charge is 0.486 e. The standard InChI is InChI=1S/C17H19N3O4/c1-11-9-18-16(19-11)15-10-20(4-5-22-15)17(21)12-2-3-13-14(8-12)24-7-6-23-13/h2-3,8-9,15H,4-7,10H2,1H3,(H,18,19). The van der Waals surface area contributed by atoms with Crippen molar-refractivity contribution in [2.45, 2.75) is 13.0 Å². The first-order valence-electron chi connectivity index (χ1n) is 8.03. The second-order valence-corrected chi connectivity index (χ2v) is 5.92. The fraction of sp³-hybridized carbons (Fsp3) is 0.412. The van der Waals surface area contributed by atoms with Crippen LogP contribution in [0.15, 0.2) is 24.4 Å². The van der Waals surface area contributed by atoms with Crippen LogP contribution >= 0.6 is 0 Å². The van der Waals surface area contributed by atoms with E-state index >= 15 is 0 Å².